The fraction of sp³-hybridized carbons (Fsp3) is 0.150. The first kappa shape index (κ1) is 20.3. The number of amidine groups is 1. The molecule has 9 heteroatoms. The summed E-state index contributed by atoms with van der Waals surface area (Å²) in [5.74, 6) is -1.87. The van der Waals surface area contributed by atoms with Crippen LogP contribution in [-0.4, -0.2) is 46.7 Å². The van der Waals surface area contributed by atoms with Crippen LogP contribution in [0.25, 0.3) is 11.1 Å². The van der Waals surface area contributed by atoms with Crippen LogP contribution in [-0.2, 0) is 14.3 Å². The summed E-state index contributed by atoms with van der Waals surface area (Å²) in [6.45, 7) is 0. The molecule has 1 atom stereocenters. The van der Waals surface area contributed by atoms with Crippen LogP contribution in [0.2, 0.25) is 0 Å². The maximum atomic E-state index is 11.8. The number of hydrogen-bond donors (Lipinski definition) is 2. The van der Waals surface area contributed by atoms with Crippen LogP contribution in [0, 0.1) is 0 Å². The molecule has 2 aromatic carbocycles. The summed E-state index contributed by atoms with van der Waals surface area (Å²) in [5, 5.41) is 18.9. The molecule has 0 aliphatic carbocycles. The van der Waals surface area contributed by atoms with E-state index < -0.39 is 23.1 Å². The van der Waals surface area contributed by atoms with Crippen molar-refractivity contribution in [3.05, 3.63) is 59.7 Å². The molecule has 1 fully saturated rings. The molecule has 2 N–H and O–H groups in total. The number of esters is 1. The molecule has 1 aliphatic rings. The quantitative estimate of drug-likeness (QED) is 0.429. The summed E-state index contributed by atoms with van der Waals surface area (Å²) in [7, 11) is 1.33. The normalized spacial score (nSPS) is 17.5. The molecule has 1 unspecified atom stereocenters. The molecule has 3 rings (SSSR count). The van der Waals surface area contributed by atoms with Gasteiger partial charge in [-0.05, 0) is 23.3 Å². The van der Waals surface area contributed by atoms with Gasteiger partial charge in [0.15, 0.2) is 5.17 Å². The van der Waals surface area contributed by atoms with Gasteiger partial charge in [0.2, 0.25) is 5.91 Å². The topological polar surface area (TPSA) is 117 Å². The number of thioether (sulfide) groups is 1. The highest BCUT2D eigenvalue weighted by molar-refractivity contribution is 8.15. The molecule has 148 valence electrons. The number of hydrogen-bond acceptors (Lipinski definition) is 7. The van der Waals surface area contributed by atoms with Crippen LogP contribution < -0.4 is 5.32 Å². The first-order valence-corrected chi connectivity index (χ1v) is 9.44. The maximum absolute atomic E-state index is 11.8. The Balaban J connectivity index is 1.81. The van der Waals surface area contributed by atoms with E-state index in [-0.39, 0.29) is 11.6 Å². The van der Waals surface area contributed by atoms with Gasteiger partial charge in [0, 0.05) is 5.56 Å². The largest absolute Gasteiger partial charge is 0.481 e. The van der Waals surface area contributed by atoms with Gasteiger partial charge in [0.1, 0.15) is 5.25 Å². The Labute approximate surface area is 170 Å². The Morgan fingerprint density at radius 3 is 2.79 bits per heavy atom. The van der Waals surface area contributed by atoms with Crippen molar-refractivity contribution in [1.29, 1.82) is 0 Å². The van der Waals surface area contributed by atoms with Gasteiger partial charge in [0.05, 0.1) is 25.3 Å². The molecule has 8 nitrogen and oxygen atoms in total. The minimum Gasteiger partial charge on any atom is -0.481 e. The van der Waals surface area contributed by atoms with E-state index in [1.807, 2.05) is 30.3 Å². The van der Waals surface area contributed by atoms with E-state index in [1.165, 1.54) is 13.3 Å². The Morgan fingerprint density at radius 2 is 2.03 bits per heavy atom. The third-order valence-electron chi connectivity index (χ3n) is 4.04. The maximum Gasteiger partial charge on any atom is 0.337 e. The van der Waals surface area contributed by atoms with Crippen molar-refractivity contribution < 1.29 is 24.2 Å². The second-order valence-corrected chi connectivity index (χ2v) is 7.19. The SMILES string of the molecule is COC(=O)c1cccc(-c2ccccc2C=NN=C2NC(=O)C(CC(=O)O)S2)c1. The lowest BCUT2D eigenvalue weighted by atomic mass is 9.98. The molecule has 1 amide bonds. The number of rotatable bonds is 6. The molecule has 0 radical (unpaired) electrons. The van der Waals surface area contributed by atoms with Crippen molar-refractivity contribution in [3.63, 3.8) is 0 Å². The highest BCUT2D eigenvalue weighted by Crippen LogP contribution is 2.25. The minimum atomic E-state index is -1.05. The number of carbonyl (C=O) groups is 3. The zero-order chi connectivity index (χ0) is 20.8. The summed E-state index contributed by atoms with van der Waals surface area (Å²) >= 11 is 1.03. The molecular weight excluding hydrogens is 394 g/mol. The predicted octanol–water partition coefficient (Wildman–Crippen LogP) is 2.54. The van der Waals surface area contributed by atoms with Gasteiger partial charge in [-0.1, -0.05) is 48.2 Å². The summed E-state index contributed by atoms with van der Waals surface area (Å²) in [4.78, 5) is 34.3. The molecule has 2 aromatic rings. The van der Waals surface area contributed by atoms with E-state index in [9.17, 15) is 14.4 Å². The molecule has 1 heterocycles. The van der Waals surface area contributed by atoms with E-state index in [4.69, 9.17) is 9.84 Å². The number of aliphatic carboxylic acids is 1. The highest BCUT2D eigenvalue weighted by Gasteiger charge is 2.32. The Bertz CT molecular complexity index is 1020. The van der Waals surface area contributed by atoms with Gasteiger partial charge in [0.25, 0.3) is 0 Å². The molecule has 0 aromatic heterocycles. The zero-order valence-corrected chi connectivity index (χ0v) is 16.2. The number of nitrogens with zero attached hydrogens (tertiary/aromatic N) is 2. The molecule has 1 saturated heterocycles. The first-order chi connectivity index (χ1) is 14.0. The van der Waals surface area contributed by atoms with E-state index in [0.29, 0.717) is 5.56 Å². The summed E-state index contributed by atoms with van der Waals surface area (Å²) in [6.07, 6.45) is 1.25. The molecule has 0 spiro atoms. The number of ether oxygens (including phenoxy) is 1. The number of nitrogens with one attached hydrogen (secondary N) is 1. The van der Waals surface area contributed by atoms with Crippen LogP contribution in [0.15, 0.2) is 58.7 Å². The van der Waals surface area contributed by atoms with Crippen LogP contribution in [0.4, 0.5) is 0 Å². The lowest BCUT2D eigenvalue weighted by molar-refractivity contribution is -0.138. The van der Waals surface area contributed by atoms with Gasteiger partial charge in [-0.3, -0.25) is 9.59 Å². The summed E-state index contributed by atoms with van der Waals surface area (Å²) in [6, 6.07) is 14.5. The average Bonchev–Trinajstić information content (AvgIpc) is 3.06. The second kappa shape index (κ2) is 9.16. The fourth-order valence-corrected chi connectivity index (χ4v) is 3.61. The number of carbonyl (C=O) groups excluding carboxylic acids is 2. The van der Waals surface area contributed by atoms with E-state index in [2.05, 4.69) is 15.5 Å². The number of methoxy groups -OCH3 is 1. The van der Waals surface area contributed by atoms with Crippen molar-refractivity contribution in [2.75, 3.05) is 7.11 Å². The average molecular weight is 411 g/mol. The predicted molar refractivity (Wildman–Crippen MR) is 110 cm³/mol. The highest BCUT2D eigenvalue weighted by atomic mass is 32.2. The van der Waals surface area contributed by atoms with Crippen molar-refractivity contribution in [3.8, 4) is 11.1 Å². The van der Waals surface area contributed by atoms with Crippen LogP contribution in [0.3, 0.4) is 0 Å². The third-order valence-corrected chi connectivity index (χ3v) is 5.11. The van der Waals surface area contributed by atoms with Crippen LogP contribution in [0.1, 0.15) is 22.3 Å². The van der Waals surface area contributed by atoms with E-state index in [0.717, 1.165) is 28.5 Å². The van der Waals surface area contributed by atoms with Crippen LogP contribution in [0.5, 0.6) is 0 Å². The van der Waals surface area contributed by atoms with E-state index >= 15 is 0 Å². The van der Waals surface area contributed by atoms with Gasteiger partial charge >= 0.3 is 11.9 Å². The molecule has 0 saturated carbocycles. The molecule has 0 bridgehead atoms. The first-order valence-electron chi connectivity index (χ1n) is 8.56. The Hall–Kier alpha value is -3.46. The van der Waals surface area contributed by atoms with Crippen molar-refractivity contribution >= 4 is 41.0 Å². The fourth-order valence-electron chi connectivity index (χ4n) is 2.69. The number of amides is 1. The van der Waals surface area contributed by atoms with Crippen molar-refractivity contribution in [2.24, 2.45) is 10.2 Å². The lowest BCUT2D eigenvalue weighted by Gasteiger charge is -2.07. The van der Waals surface area contributed by atoms with Gasteiger partial charge < -0.3 is 15.2 Å². The van der Waals surface area contributed by atoms with Crippen molar-refractivity contribution in [2.45, 2.75) is 11.7 Å². The smallest absolute Gasteiger partial charge is 0.337 e. The molecule has 1 aliphatic heterocycles. The van der Waals surface area contributed by atoms with Gasteiger partial charge in [-0.2, -0.15) is 5.10 Å². The minimum absolute atomic E-state index is 0.252. The van der Waals surface area contributed by atoms with Crippen molar-refractivity contribution in [1.82, 2.24) is 5.32 Å². The zero-order valence-electron chi connectivity index (χ0n) is 15.4. The lowest BCUT2D eigenvalue weighted by Crippen LogP contribution is -2.26. The molecule has 29 heavy (non-hydrogen) atoms. The summed E-state index contributed by atoms with van der Waals surface area (Å²) in [5.41, 5.74) is 2.85. The number of carboxylic acid groups (broad SMARTS) is 1. The Morgan fingerprint density at radius 1 is 1.24 bits per heavy atom. The second-order valence-electron chi connectivity index (χ2n) is 6.00. The standard InChI is InChI=1S/C20H17N3O5S/c1-28-19(27)13-7-4-6-12(9-13)15-8-3-2-5-14(15)11-21-23-20-22-18(26)16(29-20)10-17(24)25/h2-9,11,16H,10H2,1H3,(H,24,25)(H,22,23,26). The van der Waals surface area contributed by atoms with E-state index in [1.54, 1.807) is 18.2 Å². The van der Waals surface area contributed by atoms with Gasteiger partial charge in [-0.15, -0.1) is 5.10 Å². The number of carboxylic acids is 1. The number of benzene rings is 2. The summed E-state index contributed by atoms with van der Waals surface area (Å²) < 4.78 is 4.76. The Kier molecular flexibility index (Phi) is 6.40. The monoisotopic (exact) mass is 411 g/mol. The van der Waals surface area contributed by atoms with Gasteiger partial charge in [-0.25, -0.2) is 4.79 Å². The molecular formula is C20H17N3O5S. The third kappa shape index (κ3) is 5.08. The van der Waals surface area contributed by atoms with Crippen LogP contribution >= 0.6 is 11.8 Å².